The van der Waals surface area contributed by atoms with Crippen LogP contribution in [0.5, 0.6) is 11.5 Å². The van der Waals surface area contributed by atoms with Crippen molar-refractivity contribution in [1.29, 1.82) is 0 Å². The molecule has 0 atom stereocenters. The first-order valence-electron chi connectivity index (χ1n) is 9.45. The molecule has 1 saturated carbocycles. The van der Waals surface area contributed by atoms with Gasteiger partial charge in [0, 0.05) is 12.0 Å². The van der Waals surface area contributed by atoms with Crippen molar-refractivity contribution >= 4 is 17.4 Å². The van der Waals surface area contributed by atoms with E-state index >= 15 is 0 Å². The van der Waals surface area contributed by atoms with Crippen molar-refractivity contribution in [2.24, 2.45) is 0 Å². The maximum atomic E-state index is 12.5. The number of hydrogen-bond donors (Lipinski definition) is 1. The molecule has 0 aliphatic heterocycles. The second-order valence-corrected chi connectivity index (χ2v) is 6.90. The van der Waals surface area contributed by atoms with Crippen molar-refractivity contribution in [3.05, 3.63) is 70.4 Å². The Morgan fingerprint density at radius 3 is 2.67 bits per heavy atom. The first kappa shape index (κ1) is 19.4. The van der Waals surface area contributed by atoms with E-state index in [1.165, 1.54) is 25.3 Å². The molecule has 0 spiro atoms. The van der Waals surface area contributed by atoms with Crippen LogP contribution in [-0.2, 0) is 4.79 Å². The summed E-state index contributed by atoms with van der Waals surface area (Å²) < 4.78 is 12.1. The second kappa shape index (κ2) is 8.24. The molecular weight excluding hydrogens is 388 g/mol. The summed E-state index contributed by atoms with van der Waals surface area (Å²) in [5, 5.41) is 18.7. The van der Waals surface area contributed by atoms with Crippen molar-refractivity contribution in [3.63, 3.8) is 0 Å². The topological polar surface area (TPSA) is 109 Å². The first-order chi connectivity index (χ1) is 14.5. The number of amides is 1. The molecule has 9 nitrogen and oxygen atoms in total. The Bertz CT molecular complexity index is 1080. The zero-order chi connectivity index (χ0) is 21.1. The lowest BCUT2D eigenvalue weighted by Crippen LogP contribution is -2.22. The average Bonchev–Trinajstić information content (AvgIpc) is 3.53. The van der Waals surface area contributed by atoms with Gasteiger partial charge in [-0.15, -0.1) is 0 Å². The molecule has 3 aromatic rings. The molecule has 1 fully saturated rings. The van der Waals surface area contributed by atoms with E-state index in [0.29, 0.717) is 17.5 Å². The summed E-state index contributed by atoms with van der Waals surface area (Å²) >= 11 is 0. The maximum Gasteiger partial charge on any atom is 0.314 e. The van der Waals surface area contributed by atoms with Crippen LogP contribution in [0.15, 0.2) is 54.6 Å². The number of hydrogen-bond acceptors (Lipinski definition) is 6. The molecule has 1 aromatic heterocycles. The SMILES string of the molecule is COc1ccc(OCC(=O)Nc2cc(C3CC3)nn2-c2ccccc2)c([N+](=O)[O-])c1. The fraction of sp³-hybridized carbons (Fsp3) is 0.238. The molecule has 4 rings (SSSR count). The summed E-state index contributed by atoms with van der Waals surface area (Å²) in [5.41, 5.74) is 1.49. The quantitative estimate of drug-likeness (QED) is 0.450. The Morgan fingerprint density at radius 1 is 1.23 bits per heavy atom. The number of aromatic nitrogens is 2. The molecule has 1 amide bonds. The number of nitro groups is 1. The van der Waals surface area contributed by atoms with Gasteiger partial charge < -0.3 is 14.8 Å². The van der Waals surface area contributed by atoms with Gasteiger partial charge >= 0.3 is 5.69 Å². The minimum absolute atomic E-state index is 0.00816. The van der Waals surface area contributed by atoms with Crippen LogP contribution in [0.25, 0.3) is 5.69 Å². The van der Waals surface area contributed by atoms with Crippen LogP contribution in [-0.4, -0.2) is 34.3 Å². The maximum absolute atomic E-state index is 12.5. The molecule has 9 heteroatoms. The van der Waals surface area contributed by atoms with E-state index in [-0.39, 0.29) is 18.0 Å². The van der Waals surface area contributed by atoms with E-state index in [1.807, 2.05) is 36.4 Å². The van der Waals surface area contributed by atoms with E-state index in [0.717, 1.165) is 24.2 Å². The minimum atomic E-state index is -0.581. The minimum Gasteiger partial charge on any atom is -0.496 e. The van der Waals surface area contributed by atoms with Crippen LogP contribution in [0, 0.1) is 10.1 Å². The largest absolute Gasteiger partial charge is 0.496 e. The monoisotopic (exact) mass is 408 g/mol. The Kier molecular flexibility index (Phi) is 5.34. The number of carbonyl (C=O) groups excluding carboxylic acids is 1. The highest BCUT2D eigenvalue weighted by Gasteiger charge is 2.28. The number of nitrogens with zero attached hydrogens (tertiary/aromatic N) is 3. The standard InChI is InChI=1S/C21H20N4O5/c1-29-16-9-10-19(18(11-16)25(27)28)30-13-21(26)22-20-12-17(14-7-8-14)23-24(20)15-5-3-2-4-6-15/h2-6,9-12,14H,7-8,13H2,1H3,(H,22,26). The molecule has 0 radical (unpaired) electrons. The van der Waals surface area contributed by atoms with Gasteiger partial charge in [-0.25, -0.2) is 4.68 Å². The lowest BCUT2D eigenvalue weighted by atomic mass is 10.3. The summed E-state index contributed by atoms with van der Waals surface area (Å²) in [7, 11) is 1.42. The smallest absolute Gasteiger partial charge is 0.314 e. The van der Waals surface area contributed by atoms with Crippen LogP contribution in [0.4, 0.5) is 11.5 Å². The third kappa shape index (κ3) is 4.24. The molecular formula is C21H20N4O5. The molecule has 1 heterocycles. The van der Waals surface area contributed by atoms with Crippen LogP contribution in [0.3, 0.4) is 0 Å². The summed E-state index contributed by atoms with van der Waals surface area (Å²) in [6.45, 7) is -0.383. The van der Waals surface area contributed by atoms with E-state index in [2.05, 4.69) is 10.4 Å². The summed E-state index contributed by atoms with van der Waals surface area (Å²) in [6, 6.07) is 15.5. The zero-order valence-corrected chi connectivity index (χ0v) is 16.3. The number of nitrogens with one attached hydrogen (secondary N) is 1. The predicted octanol–water partition coefficient (Wildman–Crippen LogP) is 3.68. The second-order valence-electron chi connectivity index (χ2n) is 6.90. The number of methoxy groups -OCH3 is 1. The van der Waals surface area contributed by atoms with Gasteiger partial charge in [0.2, 0.25) is 0 Å². The van der Waals surface area contributed by atoms with Crippen molar-refractivity contribution in [2.75, 3.05) is 19.0 Å². The highest BCUT2D eigenvalue weighted by atomic mass is 16.6. The summed E-state index contributed by atoms with van der Waals surface area (Å²) in [6.07, 6.45) is 2.17. The van der Waals surface area contributed by atoms with E-state index in [9.17, 15) is 14.9 Å². The van der Waals surface area contributed by atoms with Crippen molar-refractivity contribution in [3.8, 4) is 17.2 Å². The number of rotatable bonds is 8. The number of ether oxygens (including phenoxy) is 2. The fourth-order valence-corrected chi connectivity index (χ4v) is 3.04. The molecule has 0 unspecified atom stereocenters. The van der Waals surface area contributed by atoms with E-state index < -0.39 is 10.8 Å². The third-order valence-corrected chi connectivity index (χ3v) is 4.71. The Balaban J connectivity index is 1.49. The molecule has 2 aromatic carbocycles. The van der Waals surface area contributed by atoms with Gasteiger partial charge in [-0.05, 0) is 37.1 Å². The van der Waals surface area contributed by atoms with Crippen molar-refractivity contribution < 1.29 is 19.2 Å². The lowest BCUT2D eigenvalue weighted by Gasteiger charge is -2.10. The number of anilines is 1. The fourth-order valence-electron chi connectivity index (χ4n) is 3.04. The number of para-hydroxylation sites is 1. The van der Waals surface area contributed by atoms with Gasteiger partial charge in [-0.3, -0.25) is 14.9 Å². The molecule has 1 aliphatic rings. The zero-order valence-electron chi connectivity index (χ0n) is 16.3. The molecule has 154 valence electrons. The van der Waals surface area contributed by atoms with Crippen LogP contribution < -0.4 is 14.8 Å². The van der Waals surface area contributed by atoms with Crippen LogP contribution >= 0.6 is 0 Å². The van der Waals surface area contributed by atoms with E-state index in [4.69, 9.17) is 9.47 Å². The average molecular weight is 408 g/mol. The summed E-state index contributed by atoms with van der Waals surface area (Å²) in [5.74, 6) is 0.827. The Morgan fingerprint density at radius 2 is 2.00 bits per heavy atom. The van der Waals surface area contributed by atoms with Crippen molar-refractivity contribution in [1.82, 2.24) is 9.78 Å². The Hall–Kier alpha value is -3.88. The molecule has 1 aliphatic carbocycles. The van der Waals surface area contributed by atoms with Crippen molar-refractivity contribution in [2.45, 2.75) is 18.8 Å². The first-order valence-corrected chi connectivity index (χ1v) is 9.45. The highest BCUT2D eigenvalue weighted by molar-refractivity contribution is 5.91. The summed E-state index contributed by atoms with van der Waals surface area (Å²) in [4.78, 5) is 23.2. The number of nitro benzene ring substituents is 1. The van der Waals surface area contributed by atoms with Gasteiger partial charge in [0.15, 0.2) is 12.4 Å². The van der Waals surface area contributed by atoms with Crippen LogP contribution in [0.2, 0.25) is 0 Å². The van der Waals surface area contributed by atoms with E-state index in [1.54, 1.807) is 4.68 Å². The number of benzene rings is 2. The predicted molar refractivity (Wildman–Crippen MR) is 109 cm³/mol. The highest BCUT2D eigenvalue weighted by Crippen LogP contribution is 2.40. The van der Waals surface area contributed by atoms with Crippen LogP contribution in [0.1, 0.15) is 24.5 Å². The molecule has 1 N–H and O–H groups in total. The van der Waals surface area contributed by atoms with Gasteiger partial charge in [-0.2, -0.15) is 5.10 Å². The van der Waals surface area contributed by atoms with Gasteiger partial charge in [0.25, 0.3) is 5.91 Å². The third-order valence-electron chi connectivity index (χ3n) is 4.71. The molecule has 0 saturated heterocycles. The van der Waals surface area contributed by atoms with Gasteiger partial charge in [0.1, 0.15) is 11.6 Å². The molecule has 30 heavy (non-hydrogen) atoms. The molecule has 0 bridgehead atoms. The normalized spacial score (nSPS) is 13.0. The number of carbonyl (C=O) groups is 1. The van der Waals surface area contributed by atoms with Gasteiger partial charge in [-0.1, -0.05) is 18.2 Å². The van der Waals surface area contributed by atoms with Gasteiger partial charge in [0.05, 0.1) is 29.5 Å². The lowest BCUT2D eigenvalue weighted by molar-refractivity contribution is -0.385. The Labute approximate surface area is 172 Å².